The van der Waals surface area contributed by atoms with Crippen LogP contribution in [0.5, 0.6) is 11.5 Å². The molecule has 8 rings (SSSR count). The van der Waals surface area contributed by atoms with E-state index in [1.54, 1.807) is 0 Å². The number of hydrogen-bond acceptors (Lipinski definition) is 4. The van der Waals surface area contributed by atoms with Gasteiger partial charge in [0, 0.05) is 27.8 Å². The first kappa shape index (κ1) is 25.8. The van der Waals surface area contributed by atoms with E-state index >= 15 is 0 Å². The maximum absolute atomic E-state index is 6.49. The Balaban J connectivity index is 1.39. The molecule has 1 aliphatic heterocycles. The molecule has 44 heavy (non-hydrogen) atoms. The van der Waals surface area contributed by atoms with Gasteiger partial charge in [-0.25, -0.2) is 15.0 Å². The van der Waals surface area contributed by atoms with Crippen LogP contribution in [0.1, 0.15) is 22.3 Å². The van der Waals surface area contributed by atoms with Crippen LogP contribution >= 0.6 is 0 Å². The van der Waals surface area contributed by atoms with Gasteiger partial charge in [-0.15, -0.1) is 0 Å². The van der Waals surface area contributed by atoms with Gasteiger partial charge in [-0.05, 0) is 29.3 Å². The topological polar surface area (TPSA) is 47.9 Å². The Hall–Kier alpha value is -5.87. The first-order valence-corrected chi connectivity index (χ1v) is 14.7. The molecule has 4 heteroatoms. The number of ether oxygens (including phenoxy) is 1. The first-order chi connectivity index (χ1) is 21.8. The lowest BCUT2D eigenvalue weighted by Gasteiger charge is -2.41. The van der Waals surface area contributed by atoms with Crippen LogP contribution in [0.2, 0.25) is 0 Å². The predicted molar refractivity (Wildman–Crippen MR) is 175 cm³/mol. The smallest absolute Gasteiger partial charge is 0.164 e. The summed E-state index contributed by atoms with van der Waals surface area (Å²) in [5.74, 6) is 3.59. The Bertz CT molecular complexity index is 1990. The Labute approximate surface area is 256 Å². The molecular formula is C40H27N3O. The van der Waals surface area contributed by atoms with E-state index in [1.165, 1.54) is 0 Å². The van der Waals surface area contributed by atoms with Gasteiger partial charge in [0.1, 0.15) is 11.5 Å². The summed E-state index contributed by atoms with van der Waals surface area (Å²) in [6.45, 7) is 0. The van der Waals surface area contributed by atoms with Crippen molar-refractivity contribution in [2.75, 3.05) is 0 Å². The van der Waals surface area contributed by atoms with Crippen LogP contribution in [0.4, 0.5) is 0 Å². The lowest BCUT2D eigenvalue weighted by molar-refractivity contribution is 0.434. The van der Waals surface area contributed by atoms with Crippen molar-refractivity contribution in [3.8, 4) is 45.7 Å². The molecule has 0 atom stereocenters. The van der Waals surface area contributed by atoms with Crippen molar-refractivity contribution in [2.24, 2.45) is 0 Å². The lowest BCUT2D eigenvalue weighted by atomic mass is 9.63. The Morgan fingerprint density at radius 2 is 0.773 bits per heavy atom. The van der Waals surface area contributed by atoms with Gasteiger partial charge in [-0.2, -0.15) is 0 Å². The summed E-state index contributed by atoms with van der Waals surface area (Å²) < 4.78 is 6.49. The summed E-state index contributed by atoms with van der Waals surface area (Å²) in [5.41, 5.74) is 6.62. The molecule has 0 amide bonds. The highest BCUT2D eigenvalue weighted by Gasteiger charge is 2.45. The summed E-state index contributed by atoms with van der Waals surface area (Å²) >= 11 is 0. The molecular weight excluding hydrogens is 538 g/mol. The number of para-hydroxylation sites is 2. The number of benzene rings is 6. The van der Waals surface area contributed by atoms with Gasteiger partial charge in [0.25, 0.3) is 0 Å². The Kier molecular flexibility index (Phi) is 6.31. The van der Waals surface area contributed by atoms with Crippen molar-refractivity contribution >= 4 is 0 Å². The van der Waals surface area contributed by atoms with Gasteiger partial charge in [0.2, 0.25) is 0 Å². The highest BCUT2D eigenvalue weighted by molar-refractivity contribution is 5.72. The molecule has 208 valence electrons. The van der Waals surface area contributed by atoms with Crippen molar-refractivity contribution in [3.05, 3.63) is 186 Å². The Morgan fingerprint density at radius 1 is 0.364 bits per heavy atom. The van der Waals surface area contributed by atoms with Gasteiger partial charge in [0.05, 0.1) is 5.41 Å². The fourth-order valence-corrected chi connectivity index (χ4v) is 6.30. The minimum absolute atomic E-state index is 0.622. The van der Waals surface area contributed by atoms with Gasteiger partial charge < -0.3 is 4.74 Å². The highest BCUT2D eigenvalue weighted by Crippen LogP contribution is 2.55. The van der Waals surface area contributed by atoms with E-state index in [-0.39, 0.29) is 0 Å². The Morgan fingerprint density at radius 3 is 1.32 bits per heavy atom. The molecule has 1 aromatic heterocycles. The van der Waals surface area contributed by atoms with Crippen LogP contribution in [0.25, 0.3) is 34.2 Å². The summed E-state index contributed by atoms with van der Waals surface area (Å²) in [5, 5.41) is 0. The predicted octanol–water partition coefficient (Wildman–Crippen LogP) is 9.36. The van der Waals surface area contributed by atoms with E-state index in [0.29, 0.717) is 17.5 Å². The second-order valence-electron chi connectivity index (χ2n) is 10.8. The number of rotatable bonds is 5. The molecule has 0 radical (unpaired) electrons. The molecule has 2 heterocycles. The van der Waals surface area contributed by atoms with Crippen molar-refractivity contribution < 1.29 is 4.74 Å². The summed E-state index contributed by atoms with van der Waals surface area (Å²) in [6, 6.07) is 56.1. The van der Waals surface area contributed by atoms with E-state index in [1.807, 2.05) is 72.8 Å². The monoisotopic (exact) mass is 565 g/mol. The van der Waals surface area contributed by atoms with Gasteiger partial charge >= 0.3 is 0 Å². The number of hydrogen-bond donors (Lipinski definition) is 0. The van der Waals surface area contributed by atoms with Crippen molar-refractivity contribution in [2.45, 2.75) is 5.41 Å². The van der Waals surface area contributed by atoms with E-state index in [0.717, 1.165) is 50.4 Å². The minimum atomic E-state index is -0.625. The summed E-state index contributed by atoms with van der Waals surface area (Å²) in [6.07, 6.45) is 0. The van der Waals surface area contributed by atoms with E-state index in [2.05, 4.69) is 91.0 Å². The summed E-state index contributed by atoms with van der Waals surface area (Å²) in [4.78, 5) is 14.9. The van der Waals surface area contributed by atoms with E-state index in [9.17, 15) is 0 Å². The van der Waals surface area contributed by atoms with Crippen LogP contribution in [-0.4, -0.2) is 15.0 Å². The average Bonchev–Trinajstić information content (AvgIpc) is 3.11. The number of nitrogens with zero attached hydrogens (tertiary/aromatic N) is 3. The van der Waals surface area contributed by atoms with Crippen LogP contribution in [0.3, 0.4) is 0 Å². The lowest BCUT2D eigenvalue weighted by Crippen LogP contribution is -2.34. The normalized spacial score (nSPS) is 12.9. The van der Waals surface area contributed by atoms with Crippen molar-refractivity contribution in [1.82, 2.24) is 15.0 Å². The van der Waals surface area contributed by atoms with Crippen LogP contribution in [0.15, 0.2) is 164 Å². The SMILES string of the molecule is c1ccc(-c2nc(-c3ccccc3)nc(-c3cccc(C4(c5ccccc5)c5ccccc5Oc5ccccc54)c3)n2)cc1. The molecule has 1 aliphatic rings. The third-order valence-corrected chi connectivity index (χ3v) is 8.26. The summed E-state index contributed by atoms with van der Waals surface area (Å²) in [7, 11) is 0. The zero-order valence-electron chi connectivity index (χ0n) is 23.8. The maximum atomic E-state index is 6.49. The molecule has 0 aliphatic carbocycles. The van der Waals surface area contributed by atoms with Crippen LogP contribution in [0, 0.1) is 0 Å². The largest absolute Gasteiger partial charge is 0.457 e. The molecule has 0 N–H and O–H groups in total. The standard InChI is InChI=1S/C40H27N3O/c1-4-15-28(16-5-1)37-41-38(29-17-6-2-7-18-29)43-39(42-37)30-19-14-22-32(27-30)40(31-20-8-3-9-21-31)33-23-10-12-25-35(33)44-36-26-13-11-24-34(36)40/h1-27H. The van der Waals surface area contributed by atoms with Gasteiger partial charge in [-0.1, -0.05) is 146 Å². The molecule has 7 aromatic rings. The molecule has 0 spiro atoms. The fraction of sp³-hybridized carbons (Fsp3) is 0.0250. The first-order valence-electron chi connectivity index (χ1n) is 14.7. The molecule has 6 aromatic carbocycles. The second kappa shape index (κ2) is 10.8. The van der Waals surface area contributed by atoms with Gasteiger partial charge in [0.15, 0.2) is 17.5 Å². The number of aromatic nitrogens is 3. The third kappa shape index (κ3) is 4.27. The quantitative estimate of drug-likeness (QED) is 0.209. The second-order valence-corrected chi connectivity index (χ2v) is 10.8. The molecule has 0 fully saturated rings. The van der Waals surface area contributed by atoms with Crippen molar-refractivity contribution in [3.63, 3.8) is 0 Å². The molecule has 0 saturated carbocycles. The van der Waals surface area contributed by atoms with E-state index < -0.39 is 5.41 Å². The third-order valence-electron chi connectivity index (χ3n) is 8.26. The van der Waals surface area contributed by atoms with Crippen LogP contribution < -0.4 is 4.74 Å². The molecule has 0 unspecified atom stereocenters. The van der Waals surface area contributed by atoms with Crippen LogP contribution in [-0.2, 0) is 5.41 Å². The zero-order valence-corrected chi connectivity index (χ0v) is 23.8. The minimum Gasteiger partial charge on any atom is -0.457 e. The van der Waals surface area contributed by atoms with E-state index in [4.69, 9.17) is 19.7 Å². The maximum Gasteiger partial charge on any atom is 0.164 e. The zero-order chi connectivity index (χ0) is 29.3. The fourth-order valence-electron chi connectivity index (χ4n) is 6.30. The van der Waals surface area contributed by atoms with Crippen molar-refractivity contribution in [1.29, 1.82) is 0 Å². The molecule has 4 nitrogen and oxygen atoms in total. The van der Waals surface area contributed by atoms with Gasteiger partial charge in [-0.3, -0.25) is 0 Å². The molecule has 0 saturated heterocycles. The molecule has 0 bridgehead atoms. The average molecular weight is 566 g/mol. The number of fused-ring (bicyclic) bond motifs is 2. The highest BCUT2D eigenvalue weighted by atomic mass is 16.5.